The molecule has 1 atom stereocenters. The van der Waals surface area contributed by atoms with Gasteiger partial charge in [0.25, 0.3) is 0 Å². The Morgan fingerprint density at radius 1 is 1.47 bits per heavy atom. The maximum atomic E-state index is 5.23. The van der Waals surface area contributed by atoms with Crippen LogP contribution in [-0.4, -0.2) is 18.1 Å². The largest absolute Gasteiger partial charge is 0.446 e. The highest BCUT2D eigenvalue weighted by molar-refractivity contribution is 5.73. The van der Waals surface area contributed by atoms with Gasteiger partial charge in [0.15, 0.2) is 0 Å². The smallest absolute Gasteiger partial charge is 0.225 e. The molecule has 2 aromatic rings. The molecule has 2 aromatic heterocycles. The van der Waals surface area contributed by atoms with Crippen molar-refractivity contribution in [2.75, 3.05) is 13.1 Å². The molecule has 1 aliphatic rings. The van der Waals surface area contributed by atoms with E-state index in [1.54, 1.807) is 6.26 Å². The Hall–Kier alpha value is -1.35. The first-order valence-corrected chi connectivity index (χ1v) is 5.47. The Balaban J connectivity index is 1.95. The van der Waals surface area contributed by atoms with Gasteiger partial charge in [0, 0.05) is 18.1 Å². The fourth-order valence-electron chi connectivity index (χ4n) is 2.24. The van der Waals surface area contributed by atoms with Gasteiger partial charge in [-0.1, -0.05) is 0 Å². The predicted molar refractivity (Wildman–Crippen MR) is 58.9 cm³/mol. The number of piperidine rings is 1. The molecule has 0 aromatic carbocycles. The van der Waals surface area contributed by atoms with Gasteiger partial charge < -0.3 is 9.73 Å². The minimum absolute atomic E-state index is 0.616. The molecule has 3 heteroatoms. The summed E-state index contributed by atoms with van der Waals surface area (Å²) in [5, 5.41) is 4.53. The molecule has 0 spiro atoms. The molecule has 3 rings (SSSR count). The number of nitrogens with one attached hydrogen (secondary N) is 1. The van der Waals surface area contributed by atoms with Gasteiger partial charge in [0.05, 0.1) is 6.26 Å². The van der Waals surface area contributed by atoms with Crippen molar-refractivity contribution in [1.29, 1.82) is 0 Å². The van der Waals surface area contributed by atoms with E-state index < -0.39 is 0 Å². The van der Waals surface area contributed by atoms with E-state index in [-0.39, 0.29) is 0 Å². The maximum absolute atomic E-state index is 5.23. The van der Waals surface area contributed by atoms with E-state index in [9.17, 15) is 0 Å². The lowest BCUT2D eigenvalue weighted by Gasteiger charge is -2.22. The molecule has 0 bridgehead atoms. The van der Waals surface area contributed by atoms with Gasteiger partial charge in [-0.05, 0) is 43.0 Å². The van der Waals surface area contributed by atoms with Crippen molar-refractivity contribution in [3.05, 3.63) is 30.2 Å². The molecule has 15 heavy (non-hydrogen) atoms. The molecule has 0 amide bonds. The number of nitrogens with zero attached hydrogens (tertiary/aromatic N) is 1. The van der Waals surface area contributed by atoms with E-state index in [0.29, 0.717) is 5.92 Å². The first-order valence-electron chi connectivity index (χ1n) is 5.47. The summed E-state index contributed by atoms with van der Waals surface area (Å²) < 4.78 is 5.23. The zero-order valence-corrected chi connectivity index (χ0v) is 8.57. The summed E-state index contributed by atoms with van der Waals surface area (Å²) in [5.41, 5.74) is 2.07. The monoisotopic (exact) mass is 202 g/mol. The van der Waals surface area contributed by atoms with Gasteiger partial charge >= 0.3 is 0 Å². The van der Waals surface area contributed by atoms with Crippen LogP contribution >= 0.6 is 0 Å². The van der Waals surface area contributed by atoms with Gasteiger partial charge in [0.1, 0.15) is 0 Å². The molecule has 1 N–H and O–H groups in total. The lowest BCUT2D eigenvalue weighted by molar-refractivity contribution is 0.461. The van der Waals surface area contributed by atoms with Crippen LogP contribution in [0.3, 0.4) is 0 Å². The van der Waals surface area contributed by atoms with Crippen molar-refractivity contribution in [3.8, 4) is 0 Å². The van der Waals surface area contributed by atoms with Gasteiger partial charge in [-0.25, -0.2) is 4.98 Å². The Morgan fingerprint density at radius 3 is 3.33 bits per heavy atom. The fourth-order valence-corrected chi connectivity index (χ4v) is 2.24. The number of rotatable bonds is 1. The van der Waals surface area contributed by atoms with Crippen molar-refractivity contribution >= 4 is 11.1 Å². The molecular weight excluding hydrogens is 188 g/mol. The predicted octanol–water partition coefficient (Wildman–Crippen LogP) is 2.29. The summed E-state index contributed by atoms with van der Waals surface area (Å²) in [6.45, 7) is 2.23. The lowest BCUT2D eigenvalue weighted by atomic mass is 9.92. The highest BCUT2D eigenvalue weighted by Crippen LogP contribution is 2.25. The SMILES string of the molecule is c1cc2cc(C3CCCNC3)cnc2o1. The average molecular weight is 202 g/mol. The molecular formula is C12H14N2O. The molecule has 1 aliphatic heterocycles. The van der Waals surface area contributed by atoms with Crippen molar-refractivity contribution in [2.45, 2.75) is 18.8 Å². The Labute approximate surface area is 88.5 Å². The third kappa shape index (κ3) is 1.63. The number of pyridine rings is 1. The van der Waals surface area contributed by atoms with Crippen molar-refractivity contribution < 1.29 is 4.42 Å². The normalized spacial score (nSPS) is 22.0. The molecule has 78 valence electrons. The first-order chi connectivity index (χ1) is 7.43. The van der Waals surface area contributed by atoms with E-state index in [0.717, 1.165) is 24.2 Å². The zero-order valence-electron chi connectivity index (χ0n) is 8.57. The molecule has 0 saturated carbocycles. The number of hydrogen-bond donors (Lipinski definition) is 1. The van der Waals surface area contributed by atoms with E-state index in [1.165, 1.54) is 18.4 Å². The molecule has 3 heterocycles. The topological polar surface area (TPSA) is 38.1 Å². The van der Waals surface area contributed by atoms with Crippen molar-refractivity contribution in [3.63, 3.8) is 0 Å². The second-order valence-electron chi connectivity index (χ2n) is 4.13. The average Bonchev–Trinajstić information content (AvgIpc) is 2.77. The van der Waals surface area contributed by atoms with Crippen LogP contribution in [0.5, 0.6) is 0 Å². The Morgan fingerprint density at radius 2 is 2.47 bits per heavy atom. The van der Waals surface area contributed by atoms with E-state index in [1.807, 2.05) is 12.3 Å². The standard InChI is InChI=1S/C12H14N2O/c1-2-10(7-13-4-1)11-6-9-3-5-15-12(9)14-8-11/h3,5-6,8,10,13H,1-2,4,7H2. The molecule has 0 radical (unpaired) electrons. The van der Waals surface area contributed by atoms with Gasteiger partial charge in [-0.2, -0.15) is 0 Å². The molecule has 3 nitrogen and oxygen atoms in total. The summed E-state index contributed by atoms with van der Waals surface area (Å²) in [4.78, 5) is 4.32. The third-order valence-electron chi connectivity index (χ3n) is 3.10. The summed E-state index contributed by atoms with van der Waals surface area (Å²) in [7, 11) is 0. The number of hydrogen-bond acceptors (Lipinski definition) is 3. The summed E-state index contributed by atoms with van der Waals surface area (Å²) >= 11 is 0. The summed E-state index contributed by atoms with van der Waals surface area (Å²) in [5.74, 6) is 0.616. The molecule has 1 unspecified atom stereocenters. The number of furan rings is 1. The number of aromatic nitrogens is 1. The van der Waals surface area contributed by atoms with E-state index in [4.69, 9.17) is 4.42 Å². The summed E-state index contributed by atoms with van der Waals surface area (Å²) in [6.07, 6.45) is 6.16. The minimum atomic E-state index is 0.616. The second-order valence-corrected chi connectivity index (χ2v) is 4.13. The van der Waals surface area contributed by atoms with Crippen LogP contribution in [-0.2, 0) is 0 Å². The lowest BCUT2D eigenvalue weighted by Crippen LogP contribution is -2.28. The first kappa shape index (κ1) is 8.92. The summed E-state index contributed by atoms with van der Waals surface area (Å²) in [6, 6.07) is 4.17. The van der Waals surface area contributed by atoms with Gasteiger partial charge in [-0.3, -0.25) is 0 Å². The third-order valence-corrected chi connectivity index (χ3v) is 3.10. The van der Waals surface area contributed by atoms with E-state index >= 15 is 0 Å². The minimum Gasteiger partial charge on any atom is -0.446 e. The maximum Gasteiger partial charge on any atom is 0.225 e. The highest BCUT2D eigenvalue weighted by atomic mass is 16.3. The van der Waals surface area contributed by atoms with Crippen LogP contribution in [0.1, 0.15) is 24.3 Å². The van der Waals surface area contributed by atoms with Crippen molar-refractivity contribution in [1.82, 2.24) is 10.3 Å². The van der Waals surface area contributed by atoms with Crippen LogP contribution in [0.25, 0.3) is 11.1 Å². The quantitative estimate of drug-likeness (QED) is 0.771. The highest BCUT2D eigenvalue weighted by Gasteiger charge is 2.15. The van der Waals surface area contributed by atoms with Crippen LogP contribution in [0.4, 0.5) is 0 Å². The van der Waals surface area contributed by atoms with Crippen LogP contribution in [0.2, 0.25) is 0 Å². The van der Waals surface area contributed by atoms with Crippen LogP contribution in [0, 0.1) is 0 Å². The van der Waals surface area contributed by atoms with Crippen LogP contribution in [0.15, 0.2) is 29.0 Å². The van der Waals surface area contributed by atoms with Gasteiger partial charge in [-0.15, -0.1) is 0 Å². The van der Waals surface area contributed by atoms with E-state index in [2.05, 4.69) is 16.4 Å². The zero-order chi connectivity index (χ0) is 10.1. The van der Waals surface area contributed by atoms with Gasteiger partial charge in [0.2, 0.25) is 5.71 Å². The molecule has 1 fully saturated rings. The van der Waals surface area contributed by atoms with Crippen LogP contribution < -0.4 is 5.32 Å². The fraction of sp³-hybridized carbons (Fsp3) is 0.417. The molecule has 1 saturated heterocycles. The Bertz CT molecular complexity index is 457. The number of fused-ring (bicyclic) bond motifs is 1. The Kier molecular flexibility index (Phi) is 2.18. The second kappa shape index (κ2) is 3.66. The van der Waals surface area contributed by atoms with Crippen molar-refractivity contribution in [2.24, 2.45) is 0 Å². The molecule has 0 aliphatic carbocycles.